The molecule has 4 N–H and O–H groups in total. The van der Waals surface area contributed by atoms with Crippen LogP contribution < -0.4 is 21.5 Å². The number of carbonyl (C=O) groups is 2. The van der Waals surface area contributed by atoms with E-state index in [9.17, 15) is 9.59 Å². The second-order valence-electron chi connectivity index (χ2n) is 7.98. The first-order chi connectivity index (χ1) is 14.2. The predicted molar refractivity (Wildman–Crippen MR) is 112 cm³/mol. The predicted octanol–water partition coefficient (Wildman–Crippen LogP) is 2.31. The zero-order chi connectivity index (χ0) is 20.1. The number of carbonyl (C=O) groups excluding carboxylic acids is 2. The van der Waals surface area contributed by atoms with Crippen LogP contribution in [0.5, 0.6) is 0 Å². The van der Waals surface area contributed by atoms with Crippen LogP contribution in [-0.2, 0) is 4.79 Å². The zero-order valence-corrected chi connectivity index (χ0v) is 16.4. The van der Waals surface area contributed by atoms with Crippen LogP contribution >= 0.6 is 0 Å². The molecular formula is C23H28N4O2. The molecule has 2 aromatic rings. The third-order valence-electron chi connectivity index (χ3n) is 5.93. The van der Waals surface area contributed by atoms with E-state index < -0.39 is 0 Å². The lowest BCUT2D eigenvalue weighted by Crippen LogP contribution is -2.45. The number of rotatable bonds is 6. The maximum absolute atomic E-state index is 12.8. The molecule has 6 nitrogen and oxygen atoms in total. The minimum Gasteiger partial charge on any atom is -0.353 e. The van der Waals surface area contributed by atoms with E-state index in [1.807, 2.05) is 48.5 Å². The van der Waals surface area contributed by atoms with E-state index in [0.717, 1.165) is 31.4 Å². The minimum absolute atomic E-state index is 0.0189. The van der Waals surface area contributed by atoms with Crippen molar-refractivity contribution < 1.29 is 9.59 Å². The molecule has 2 fully saturated rings. The summed E-state index contributed by atoms with van der Waals surface area (Å²) in [7, 11) is 0. The Morgan fingerprint density at radius 2 is 1.72 bits per heavy atom. The number of amides is 2. The molecule has 0 aromatic heterocycles. The van der Waals surface area contributed by atoms with Crippen LogP contribution in [0.3, 0.4) is 0 Å². The van der Waals surface area contributed by atoms with Crippen LogP contribution in [-0.4, -0.2) is 30.4 Å². The van der Waals surface area contributed by atoms with Crippen molar-refractivity contribution in [2.75, 3.05) is 6.54 Å². The van der Waals surface area contributed by atoms with Gasteiger partial charge in [-0.1, -0.05) is 48.5 Å². The van der Waals surface area contributed by atoms with Crippen LogP contribution in [0.25, 0.3) is 0 Å². The van der Waals surface area contributed by atoms with Crippen LogP contribution in [0.1, 0.15) is 47.6 Å². The van der Waals surface area contributed by atoms with E-state index in [1.54, 1.807) is 12.1 Å². The van der Waals surface area contributed by atoms with Gasteiger partial charge in [-0.3, -0.25) is 20.4 Å². The molecule has 29 heavy (non-hydrogen) atoms. The first-order valence-electron chi connectivity index (χ1n) is 10.4. The fourth-order valence-electron chi connectivity index (χ4n) is 4.37. The van der Waals surface area contributed by atoms with Crippen molar-refractivity contribution in [2.24, 2.45) is 5.92 Å². The first kappa shape index (κ1) is 19.6. The highest BCUT2D eigenvalue weighted by Crippen LogP contribution is 2.27. The lowest BCUT2D eigenvalue weighted by Gasteiger charge is -2.31. The van der Waals surface area contributed by atoms with Gasteiger partial charge < -0.3 is 10.6 Å². The lowest BCUT2D eigenvalue weighted by atomic mass is 9.83. The Morgan fingerprint density at radius 3 is 2.48 bits per heavy atom. The molecule has 2 aliphatic rings. The minimum atomic E-state index is -0.366. The molecule has 1 aliphatic heterocycles. The summed E-state index contributed by atoms with van der Waals surface area (Å²) in [5, 5.41) is 6.23. The van der Waals surface area contributed by atoms with Crippen molar-refractivity contribution in [3.63, 3.8) is 0 Å². The van der Waals surface area contributed by atoms with Crippen molar-refractivity contribution in [1.29, 1.82) is 0 Å². The molecule has 4 unspecified atom stereocenters. The highest BCUT2D eigenvalue weighted by molar-refractivity contribution is 5.94. The number of fused-ring (bicyclic) bond motifs is 1. The van der Waals surface area contributed by atoms with Gasteiger partial charge in [-0.15, -0.1) is 0 Å². The van der Waals surface area contributed by atoms with Crippen molar-refractivity contribution in [3.05, 3.63) is 71.8 Å². The number of nitrogens with one attached hydrogen (secondary N) is 4. The molecule has 0 spiro atoms. The second-order valence-corrected chi connectivity index (χ2v) is 7.98. The fraction of sp³-hybridized carbons (Fsp3) is 0.391. The summed E-state index contributed by atoms with van der Waals surface area (Å²) in [6.45, 7) is 0.955. The summed E-state index contributed by atoms with van der Waals surface area (Å²) in [6, 6.07) is 19.1. The summed E-state index contributed by atoms with van der Waals surface area (Å²) >= 11 is 0. The fourth-order valence-corrected chi connectivity index (χ4v) is 4.37. The Labute approximate surface area is 171 Å². The topological polar surface area (TPSA) is 82.3 Å². The smallest absolute Gasteiger partial charge is 0.251 e. The summed E-state index contributed by atoms with van der Waals surface area (Å²) in [6.07, 6.45) is 3.26. The summed E-state index contributed by atoms with van der Waals surface area (Å²) in [4.78, 5) is 25.5. The summed E-state index contributed by atoms with van der Waals surface area (Å²) in [5.41, 5.74) is 8.05. The van der Waals surface area contributed by atoms with Crippen LogP contribution in [0.15, 0.2) is 60.7 Å². The van der Waals surface area contributed by atoms with Gasteiger partial charge in [0.25, 0.3) is 5.91 Å². The van der Waals surface area contributed by atoms with Crippen LogP contribution in [0.4, 0.5) is 0 Å². The van der Waals surface area contributed by atoms with E-state index in [2.05, 4.69) is 21.5 Å². The Balaban J connectivity index is 1.40. The van der Waals surface area contributed by atoms with E-state index in [0.29, 0.717) is 17.5 Å². The summed E-state index contributed by atoms with van der Waals surface area (Å²) < 4.78 is 0. The Bertz CT molecular complexity index is 827. The Morgan fingerprint density at radius 1 is 1.00 bits per heavy atom. The molecule has 1 saturated carbocycles. The number of hydrogen-bond donors (Lipinski definition) is 4. The molecule has 2 amide bonds. The monoisotopic (exact) mass is 392 g/mol. The van der Waals surface area contributed by atoms with Crippen molar-refractivity contribution in [3.8, 4) is 0 Å². The normalized spacial score (nSPS) is 24.3. The number of hydrazine groups is 1. The van der Waals surface area contributed by atoms with Crippen molar-refractivity contribution >= 4 is 11.8 Å². The van der Waals surface area contributed by atoms with Gasteiger partial charge in [0.05, 0.1) is 12.5 Å². The van der Waals surface area contributed by atoms with Gasteiger partial charge in [0, 0.05) is 24.2 Å². The molecule has 4 rings (SSSR count). The first-order valence-corrected chi connectivity index (χ1v) is 10.4. The average Bonchev–Trinajstić information content (AvgIpc) is 3.22. The lowest BCUT2D eigenvalue weighted by molar-refractivity contribution is -0.122. The molecule has 1 aliphatic carbocycles. The van der Waals surface area contributed by atoms with E-state index in [4.69, 9.17) is 0 Å². The second kappa shape index (κ2) is 9.20. The number of benzene rings is 2. The Hall–Kier alpha value is -2.70. The van der Waals surface area contributed by atoms with Crippen LogP contribution in [0.2, 0.25) is 0 Å². The molecule has 1 heterocycles. The Kier molecular flexibility index (Phi) is 6.22. The zero-order valence-electron chi connectivity index (χ0n) is 16.4. The van der Waals surface area contributed by atoms with E-state index in [1.165, 1.54) is 0 Å². The highest BCUT2D eigenvalue weighted by Gasteiger charge is 2.34. The third kappa shape index (κ3) is 5.02. The van der Waals surface area contributed by atoms with Crippen molar-refractivity contribution in [2.45, 2.75) is 43.8 Å². The van der Waals surface area contributed by atoms with Crippen molar-refractivity contribution in [1.82, 2.24) is 21.5 Å². The molecule has 152 valence electrons. The SMILES string of the molecule is O=C(CC(NC(=O)c1ccccc1)c1ccccc1)NC1CCC2NNCC2C1. The van der Waals surface area contributed by atoms with Gasteiger partial charge in [0.15, 0.2) is 0 Å². The van der Waals surface area contributed by atoms with Gasteiger partial charge >= 0.3 is 0 Å². The molecule has 0 radical (unpaired) electrons. The molecule has 4 atom stereocenters. The van der Waals surface area contributed by atoms with Gasteiger partial charge in [-0.25, -0.2) is 0 Å². The van der Waals surface area contributed by atoms with Gasteiger partial charge in [-0.2, -0.15) is 0 Å². The largest absolute Gasteiger partial charge is 0.353 e. The maximum Gasteiger partial charge on any atom is 0.251 e. The highest BCUT2D eigenvalue weighted by atomic mass is 16.2. The molecule has 2 aromatic carbocycles. The summed E-state index contributed by atoms with van der Waals surface area (Å²) in [5.74, 6) is 0.377. The van der Waals surface area contributed by atoms with Gasteiger partial charge in [0.1, 0.15) is 0 Å². The average molecular weight is 393 g/mol. The third-order valence-corrected chi connectivity index (χ3v) is 5.93. The van der Waals surface area contributed by atoms with Gasteiger partial charge in [-0.05, 0) is 42.9 Å². The standard InChI is InChI=1S/C23H28N4O2/c28-22(25-19-11-12-20-18(13-19)15-24-27-20)14-21(16-7-3-1-4-8-16)26-23(29)17-9-5-2-6-10-17/h1-10,18-21,24,27H,11-15H2,(H,25,28)(H,26,29). The van der Waals surface area contributed by atoms with Gasteiger partial charge in [0.2, 0.25) is 5.91 Å². The van der Waals surface area contributed by atoms with E-state index in [-0.39, 0.29) is 30.3 Å². The van der Waals surface area contributed by atoms with E-state index >= 15 is 0 Å². The molecule has 6 heteroatoms. The molecule has 0 bridgehead atoms. The van der Waals surface area contributed by atoms with Crippen LogP contribution in [0, 0.1) is 5.92 Å². The number of hydrogen-bond acceptors (Lipinski definition) is 4. The molecular weight excluding hydrogens is 364 g/mol. The maximum atomic E-state index is 12.8. The quantitative estimate of drug-likeness (QED) is 0.608. The molecule has 1 saturated heterocycles.